The summed E-state index contributed by atoms with van der Waals surface area (Å²) in [5, 5.41) is 10.6. The van der Waals surface area contributed by atoms with E-state index in [0.29, 0.717) is 11.0 Å². The molecule has 114 valence electrons. The summed E-state index contributed by atoms with van der Waals surface area (Å²) in [6, 6.07) is 12.6. The first-order valence-corrected chi connectivity index (χ1v) is 7.10. The van der Waals surface area contributed by atoms with Crippen molar-refractivity contribution in [1.82, 2.24) is 9.97 Å². The number of hydrogen-bond donors (Lipinski definition) is 2. The molecule has 2 aromatic heterocycles. The smallest absolute Gasteiger partial charge is 0.260 e. The minimum atomic E-state index is -0.488. The molecule has 0 radical (unpaired) electrons. The molecule has 3 aromatic rings. The molecule has 3 rings (SSSR count). The zero-order valence-corrected chi connectivity index (χ0v) is 12.2. The van der Waals surface area contributed by atoms with E-state index >= 15 is 0 Å². The van der Waals surface area contributed by atoms with E-state index in [4.69, 9.17) is 0 Å². The molecule has 0 aliphatic carbocycles. The van der Waals surface area contributed by atoms with Crippen LogP contribution >= 0.6 is 0 Å². The van der Waals surface area contributed by atoms with E-state index < -0.39 is 5.56 Å². The predicted octanol–water partition coefficient (Wildman–Crippen LogP) is 2.45. The zero-order chi connectivity index (χ0) is 16.2. The first kappa shape index (κ1) is 14.7. The Morgan fingerprint density at radius 3 is 2.74 bits per heavy atom. The van der Waals surface area contributed by atoms with E-state index in [2.05, 4.69) is 9.97 Å². The van der Waals surface area contributed by atoms with Crippen LogP contribution < -0.4 is 5.56 Å². The summed E-state index contributed by atoms with van der Waals surface area (Å²) in [5.41, 5.74) is 0.759. The number of H-pyrrole nitrogens is 1. The van der Waals surface area contributed by atoms with Gasteiger partial charge in [0.1, 0.15) is 11.4 Å². The van der Waals surface area contributed by atoms with E-state index in [-0.39, 0.29) is 23.5 Å². The molecule has 23 heavy (non-hydrogen) atoms. The van der Waals surface area contributed by atoms with Gasteiger partial charge in [-0.25, -0.2) is 4.98 Å². The third-order valence-corrected chi connectivity index (χ3v) is 3.45. The van der Waals surface area contributed by atoms with Crippen LogP contribution in [0, 0.1) is 0 Å². The molecule has 1 aromatic carbocycles. The van der Waals surface area contributed by atoms with Gasteiger partial charge in [0, 0.05) is 12.6 Å². The SMILES string of the molecule is O=C(C=Cc1c(O)c2cccnc2[nH]c1=O)Cc1ccccc1. The van der Waals surface area contributed by atoms with Gasteiger partial charge in [0.2, 0.25) is 0 Å². The van der Waals surface area contributed by atoms with E-state index in [1.807, 2.05) is 30.3 Å². The van der Waals surface area contributed by atoms with Crippen LogP contribution in [-0.4, -0.2) is 20.9 Å². The molecule has 0 bridgehead atoms. The second-order valence-corrected chi connectivity index (χ2v) is 5.08. The number of carbonyl (C=O) groups is 1. The molecule has 0 fully saturated rings. The Balaban J connectivity index is 1.89. The zero-order valence-electron chi connectivity index (χ0n) is 12.2. The quantitative estimate of drug-likeness (QED) is 0.725. The Labute approximate surface area is 131 Å². The molecule has 0 saturated heterocycles. The van der Waals surface area contributed by atoms with Crippen LogP contribution in [0.3, 0.4) is 0 Å². The fraction of sp³-hybridized carbons (Fsp3) is 0.0556. The third kappa shape index (κ3) is 3.18. The Morgan fingerprint density at radius 2 is 1.96 bits per heavy atom. The summed E-state index contributed by atoms with van der Waals surface area (Å²) in [5.74, 6) is -0.332. The highest BCUT2D eigenvalue weighted by atomic mass is 16.3. The van der Waals surface area contributed by atoms with Crippen molar-refractivity contribution in [2.24, 2.45) is 0 Å². The summed E-state index contributed by atoms with van der Waals surface area (Å²) < 4.78 is 0. The standard InChI is InChI=1S/C18H14N2O3/c21-13(11-12-5-2-1-3-6-12)8-9-15-16(22)14-7-4-10-19-17(14)20-18(15)23/h1-10H,11H2,(H2,19,20,22,23). The number of ketones is 1. The lowest BCUT2D eigenvalue weighted by atomic mass is 10.1. The van der Waals surface area contributed by atoms with Crippen LogP contribution in [0.1, 0.15) is 11.1 Å². The number of benzene rings is 1. The monoisotopic (exact) mass is 306 g/mol. The van der Waals surface area contributed by atoms with Crippen molar-refractivity contribution >= 4 is 22.9 Å². The fourth-order valence-electron chi connectivity index (χ4n) is 2.31. The first-order valence-electron chi connectivity index (χ1n) is 7.10. The Kier molecular flexibility index (Phi) is 4.01. The van der Waals surface area contributed by atoms with Gasteiger partial charge in [-0.2, -0.15) is 0 Å². The molecule has 2 heterocycles. The molecule has 5 heteroatoms. The number of nitrogens with one attached hydrogen (secondary N) is 1. The van der Waals surface area contributed by atoms with Gasteiger partial charge in [-0.15, -0.1) is 0 Å². The summed E-state index contributed by atoms with van der Waals surface area (Å²) >= 11 is 0. The Bertz CT molecular complexity index is 943. The number of nitrogens with zero attached hydrogens (tertiary/aromatic N) is 1. The van der Waals surface area contributed by atoms with Gasteiger partial charge in [-0.05, 0) is 29.8 Å². The lowest BCUT2D eigenvalue weighted by molar-refractivity contribution is -0.113. The van der Waals surface area contributed by atoms with Gasteiger partial charge in [-0.1, -0.05) is 30.3 Å². The topological polar surface area (TPSA) is 83.0 Å². The Morgan fingerprint density at radius 1 is 1.17 bits per heavy atom. The molecule has 0 saturated carbocycles. The maximum absolute atomic E-state index is 12.0. The number of fused-ring (bicyclic) bond motifs is 1. The molecule has 0 atom stereocenters. The number of pyridine rings is 2. The molecular formula is C18H14N2O3. The Hall–Kier alpha value is -3.21. The molecule has 0 aliphatic rings. The van der Waals surface area contributed by atoms with E-state index in [1.54, 1.807) is 12.1 Å². The largest absolute Gasteiger partial charge is 0.506 e. The van der Waals surface area contributed by atoms with Crippen molar-refractivity contribution in [2.45, 2.75) is 6.42 Å². The van der Waals surface area contributed by atoms with Gasteiger partial charge in [0.15, 0.2) is 5.78 Å². The lowest BCUT2D eigenvalue weighted by Crippen LogP contribution is -2.10. The van der Waals surface area contributed by atoms with Crippen molar-refractivity contribution in [3.63, 3.8) is 0 Å². The fourth-order valence-corrected chi connectivity index (χ4v) is 2.31. The van der Waals surface area contributed by atoms with Crippen LogP contribution in [0.2, 0.25) is 0 Å². The molecule has 0 aliphatic heterocycles. The van der Waals surface area contributed by atoms with E-state index in [0.717, 1.165) is 5.56 Å². The summed E-state index contributed by atoms with van der Waals surface area (Å²) in [6.07, 6.45) is 4.41. The molecule has 0 spiro atoms. The van der Waals surface area contributed by atoms with Gasteiger partial charge in [0.05, 0.1) is 10.9 Å². The molecular weight excluding hydrogens is 292 g/mol. The summed E-state index contributed by atoms with van der Waals surface area (Å²) in [6.45, 7) is 0. The molecule has 5 nitrogen and oxygen atoms in total. The van der Waals surface area contributed by atoms with Gasteiger partial charge in [-0.3, -0.25) is 9.59 Å². The number of aromatic nitrogens is 2. The van der Waals surface area contributed by atoms with Gasteiger partial charge >= 0.3 is 0 Å². The molecule has 2 N–H and O–H groups in total. The second-order valence-electron chi connectivity index (χ2n) is 5.08. The highest BCUT2D eigenvalue weighted by Gasteiger charge is 2.10. The highest BCUT2D eigenvalue weighted by Crippen LogP contribution is 2.23. The van der Waals surface area contributed by atoms with Gasteiger partial charge < -0.3 is 10.1 Å². The van der Waals surface area contributed by atoms with Crippen LogP contribution in [-0.2, 0) is 11.2 Å². The van der Waals surface area contributed by atoms with Crippen LogP contribution in [0.25, 0.3) is 17.1 Å². The van der Waals surface area contributed by atoms with Crippen LogP contribution in [0.5, 0.6) is 5.75 Å². The summed E-state index contributed by atoms with van der Waals surface area (Å²) in [7, 11) is 0. The maximum Gasteiger partial charge on any atom is 0.260 e. The van der Waals surface area contributed by atoms with Crippen molar-refractivity contribution in [3.05, 3.63) is 76.2 Å². The minimum Gasteiger partial charge on any atom is -0.506 e. The lowest BCUT2D eigenvalue weighted by Gasteiger charge is -2.03. The molecule has 0 amide bonds. The van der Waals surface area contributed by atoms with Crippen LogP contribution in [0.4, 0.5) is 0 Å². The number of hydrogen-bond acceptors (Lipinski definition) is 4. The van der Waals surface area contributed by atoms with Crippen molar-refractivity contribution in [2.75, 3.05) is 0 Å². The first-order chi connectivity index (χ1) is 11.1. The number of allylic oxidation sites excluding steroid dienone is 1. The molecule has 0 unspecified atom stereocenters. The number of carbonyl (C=O) groups excluding carboxylic acids is 1. The maximum atomic E-state index is 12.0. The van der Waals surface area contributed by atoms with E-state index in [9.17, 15) is 14.7 Å². The number of aromatic amines is 1. The van der Waals surface area contributed by atoms with Crippen LogP contribution in [0.15, 0.2) is 59.5 Å². The third-order valence-electron chi connectivity index (χ3n) is 3.45. The normalized spacial score (nSPS) is 11.1. The number of aromatic hydroxyl groups is 1. The average Bonchev–Trinajstić information content (AvgIpc) is 2.55. The highest BCUT2D eigenvalue weighted by molar-refractivity contribution is 5.96. The van der Waals surface area contributed by atoms with Crippen molar-refractivity contribution < 1.29 is 9.90 Å². The minimum absolute atomic E-state index is 0.0481. The van der Waals surface area contributed by atoms with Gasteiger partial charge in [0.25, 0.3) is 5.56 Å². The predicted molar refractivity (Wildman–Crippen MR) is 88.2 cm³/mol. The van der Waals surface area contributed by atoms with E-state index in [1.165, 1.54) is 18.3 Å². The second kappa shape index (κ2) is 6.27. The average molecular weight is 306 g/mol. The van der Waals surface area contributed by atoms with Crippen molar-refractivity contribution in [1.29, 1.82) is 0 Å². The van der Waals surface area contributed by atoms with Crippen molar-refractivity contribution in [3.8, 4) is 5.75 Å². The number of rotatable bonds is 4. The summed E-state index contributed by atoms with van der Waals surface area (Å²) in [4.78, 5) is 30.6.